The third-order valence-corrected chi connectivity index (χ3v) is 9.49. The van der Waals surface area contributed by atoms with Gasteiger partial charge in [-0.3, -0.25) is 13.9 Å². The van der Waals surface area contributed by atoms with Crippen LogP contribution < -0.4 is 9.62 Å². The van der Waals surface area contributed by atoms with E-state index in [-0.39, 0.29) is 23.4 Å². The number of amides is 2. The molecule has 0 aliphatic heterocycles. The summed E-state index contributed by atoms with van der Waals surface area (Å²) in [5.41, 5.74) is 2.50. The zero-order valence-electron chi connectivity index (χ0n) is 24.0. The Balaban J connectivity index is 2.12. The summed E-state index contributed by atoms with van der Waals surface area (Å²) in [6.45, 7) is 8.75. The number of benzene rings is 3. The summed E-state index contributed by atoms with van der Waals surface area (Å²) < 4.78 is 29.1. The predicted molar refractivity (Wildman–Crippen MR) is 166 cm³/mol. The Labute approximate surface area is 253 Å². The van der Waals surface area contributed by atoms with Gasteiger partial charge in [0.05, 0.1) is 10.6 Å². The first kappa shape index (κ1) is 32.4. The van der Waals surface area contributed by atoms with Crippen molar-refractivity contribution >= 4 is 50.7 Å². The van der Waals surface area contributed by atoms with Crippen LogP contribution in [0.5, 0.6) is 0 Å². The van der Waals surface area contributed by atoms with Gasteiger partial charge in [-0.2, -0.15) is 0 Å². The van der Waals surface area contributed by atoms with Gasteiger partial charge >= 0.3 is 0 Å². The van der Waals surface area contributed by atoms with E-state index >= 15 is 0 Å². The quantitative estimate of drug-likeness (QED) is 0.250. The predicted octanol–water partition coefficient (Wildman–Crippen LogP) is 6.53. The number of hydrogen-bond acceptors (Lipinski definition) is 4. The highest BCUT2D eigenvalue weighted by Crippen LogP contribution is 2.30. The van der Waals surface area contributed by atoms with Crippen LogP contribution in [0.1, 0.15) is 50.3 Å². The second-order valence-corrected chi connectivity index (χ2v) is 12.8. The lowest BCUT2D eigenvalue weighted by Gasteiger charge is -2.34. The maximum Gasteiger partial charge on any atom is 0.264 e. The summed E-state index contributed by atoms with van der Waals surface area (Å²) in [7, 11) is -4.15. The molecule has 3 aromatic rings. The number of carbonyl (C=O) groups is 2. The number of nitrogens with one attached hydrogen (secondary N) is 1. The molecule has 0 aliphatic carbocycles. The van der Waals surface area contributed by atoms with Crippen LogP contribution in [-0.4, -0.2) is 43.8 Å². The first-order valence-corrected chi connectivity index (χ1v) is 15.8. The van der Waals surface area contributed by atoms with Gasteiger partial charge < -0.3 is 10.2 Å². The standard InChI is InChI=1S/C31H37Cl2N3O4S/c1-6-23(5)34-31(38)28(7-2)35(19-25-26(32)14-11-15-27(25)33)30(37)20-36(29-17-16-21(3)18-22(29)4)41(39,40)24-12-9-8-10-13-24/h8-18,23,28H,6-7,19-20H2,1-5H3,(H,34,38)/t23-,28-/m0/s1. The highest BCUT2D eigenvalue weighted by atomic mass is 35.5. The van der Waals surface area contributed by atoms with Crippen molar-refractivity contribution in [3.8, 4) is 0 Å². The van der Waals surface area contributed by atoms with Crippen molar-refractivity contribution in [2.45, 2.75) is 71.0 Å². The second-order valence-electron chi connectivity index (χ2n) is 10.1. The van der Waals surface area contributed by atoms with Gasteiger partial charge in [-0.1, -0.05) is 79.0 Å². The third-order valence-electron chi connectivity index (χ3n) is 7.01. The van der Waals surface area contributed by atoms with E-state index in [1.165, 1.54) is 17.0 Å². The molecular formula is C31H37Cl2N3O4S. The molecule has 0 unspecified atom stereocenters. The minimum atomic E-state index is -4.15. The Morgan fingerprint density at radius 1 is 0.902 bits per heavy atom. The highest BCUT2D eigenvalue weighted by Gasteiger charge is 2.35. The van der Waals surface area contributed by atoms with E-state index < -0.39 is 28.5 Å². The van der Waals surface area contributed by atoms with Gasteiger partial charge in [0.2, 0.25) is 11.8 Å². The smallest absolute Gasteiger partial charge is 0.264 e. The molecule has 7 nitrogen and oxygen atoms in total. The van der Waals surface area contributed by atoms with Gasteiger partial charge in [0, 0.05) is 28.2 Å². The van der Waals surface area contributed by atoms with Crippen molar-refractivity contribution in [1.82, 2.24) is 10.2 Å². The molecular weight excluding hydrogens is 581 g/mol. The van der Waals surface area contributed by atoms with Crippen molar-refractivity contribution in [2.24, 2.45) is 0 Å². The van der Waals surface area contributed by atoms with Crippen molar-refractivity contribution in [1.29, 1.82) is 0 Å². The molecule has 2 atom stereocenters. The van der Waals surface area contributed by atoms with E-state index in [1.54, 1.807) is 62.4 Å². The summed E-state index contributed by atoms with van der Waals surface area (Å²) in [6, 6.07) is 17.4. The molecule has 220 valence electrons. The molecule has 1 N–H and O–H groups in total. The number of aryl methyl sites for hydroxylation is 2. The van der Waals surface area contributed by atoms with Crippen molar-refractivity contribution in [3.05, 3.63) is 93.5 Å². The Morgan fingerprint density at radius 2 is 1.54 bits per heavy atom. The van der Waals surface area contributed by atoms with Crippen LogP contribution in [0, 0.1) is 13.8 Å². The van der Waals surface area contributed by atoms with Gasteiger partial charge in [0.25, 0.3) is 10.0 Å². The molecule has 0 saturated heterocycles. The molecule has 10 heteroatoms. The third kappa shape index (κ3) is 7.82. The fourth-order valence-corrected chi connectivity index (χ4v) is 6.55. The molecule has 0 fully saturated rings. The second kappa shape index (κ2) is 14.2. The van der Waals surface area contributed by atoms with Gasteiger partial charge in [0.1, 0.15) is 12.6 Å². The Kier molecular flexibility index (Phi) is 11.2. The molecule has 0 heterocycles. The van der Waals surface area contributed by atoms with Crippen molar-refractivity contribution < 1.29 is 18.0 Å². The monoisotopic (exact) mass is 617 g/mol. The lowest BCUT2D eigenvalue weighted by Crippen LogP contribution is -2.53. The maximum absolute atomic E-state index is 14.2. The summed E-state index contributed by atoms with van der Waals surface area (Å²) in [5.74, 6) is -0.894. The summed E-state index contributed by atoms with van der Waals surface area (Å²) in [5, 5.41) is 3.64. The molecule has 0 aromatic heterocycles. The van der Waals surface area contributed by atoms with Crippen LogP contribution in [0.15, 0.2) is 71.6 Å². The van der Waals surface area contributed by atoms with Crippen LogP contribution in [0.2, 0.25) is 10.0 Å². The fraction of sp³-hybridized carbons (Fsp3) is 0.355. The zero-order chi connectivity index (χ0) is 30.3. The Morgan fingerprint density at radius 3 is 2.10 bits per heavy atom. The van der Waals surface area contributed by atoms with Gasteiger partial charge in [0.15, 0.2) is 0 Å². The van der Waals surface area contributed by atoms with E-state index in [1.807, 2.05) is 26.8 Å². The Hall–Kier alpha value is -3.07. The average molecular weight is 619 g/mol. The number of sulfonamides is 1. The molecule has 3 aromatic carbocycles. The molecule has 0 bridgehead atoms. The number of nitrogens with zero attached hydrogens (tertiary/aromatic N) is 2. The topological polar surface area (TPSA) is 86.8 Å². The SMILES string of the molecule is CC[C@H](C)NC(=O)[C@H](CC)N(Cc1c(Cl)cccc1Cl)C(=O)CN(c1ccc(C)cc1C)S(=O)(=O)c1ccccc1. The average Bonchev–Trinajstić information content (AvgIpc) is 2.93. The van der Waals surface area contributed by atoms with E-state index in [2.05, 4.69) is 5.32 Å². The number of carbonyl (C=O) groups excluding carboxylic acids is 2. The van der Waals surface area contributed by atoms with E-state index in [0.717, 1.165) is 9.87 Å². The zero-order valence-corrected chi connectivity index (χ0v) is 26.4. The molecule has 0 aliphatic rings. The molecule has 3 rings (SSSR count). The molecule has 2 amide bonds. The fourth-order valence-electron chi connectivity index (χ4n) is 4.53. The van der Waals surface area contributed by atoms with Gasteiger partial charge in [-0.25, -0.2) is 8.42 Å². The largest absolute Gasteiger partial charge is 0.352 e. The molecule has 0 saturated carbocycles. The number of halogens is 2. The van der Waals surface area contributed by atoms with Crippen LogP contribution in [0.3, 0.4) is 0 Å². The number of hydrogen-bond donors (Lipinski definition) is 1. The first-order valence-electron chi connectivity index (χ1n) is 13.6. The van der Waals surface area contributed by atoms with Crippen molar-refractivity contribution in [2.75, 3.05) is 10.8 Å². The minimum Gasteiger partial charge on any atom is -0.352 e. The van der Waals surface area contributed by atoms with Crippen LogP contribution >= 0.6 is 23.2 Å². The summed E-state index contributed by atoms with van der Waals surface area (Å²) in [4.78, 5) is 29.1. The van der Waals surface area contributed by atoms with Gasteiger partial charge in [-0.15, -0.1) is 0 Å². The van der Waals surface area contributed by atoms with E-state index in [0.29, 0.717) is 39.7 Å². The summed E-state index contributed by atoms with van der Waals surface area (Å²) >= 11 is 12.9. The highest BCUT2D eigenvalue weighted by molar-refractivity contribution is 7.92. The maximum atomic E-state index is 14.2. The molecule has 0 radical (unpaired) electrons. The van der Waals surface area contributed by atoms with Crippen LogP contribution in [-0.2, 0) is 26.2 Å². The van der Waals surface area contributed by atoms with Gasteiger partial charge in [-0.05, 0) is 69.5 Å². The number of anilines is 1. The number of rotatable bonds is 12. The molecule has 0 spiro atoms. The minimum absolute atomic E-state index is 0.0510. The lowest BCUT2D eigenvalue weighted by molar-refractivity contribution is -0.140. The van der Waals surface area contributed by atoms with Crippen molar-refractivity contribution in [3.63, 3.8) is 0 Å². The van der Waals surface area contributed by atoms with E-state index in [9.17, 15) is 18.0 Å². The van der Waals surface area contributed by atoms with E-state index in [4.69, 9.17) is 23.2 Å². The van der Waals surface area contributed by atoms with Crippen LogP contribution in [0.25, 0.3) is 0 Å². The lowest BCUT2D eigenvalue weighted by atomic mass is 10.1. The normalized spacial score (nSPS) is 12.9. The first-order chi connectivity index (χ1) is 19.4. The Bertz CT molecular complexity index is 1460. The molecule has 41 heavy (non-hydrogen) atoms. The summed E-state index contributed by atoms with van der Waals surface area (Å²) in [6.07, 6.45) is 1.01. The van der Waals surface area contributed by atoms with Crippen LogP contribution in [0.4, 0.5) is 5.69 Å².